The van der Waals surface area contributed by atoms with Crippen LogP contribution < -0.4 is 0 Å². The van der Waals surface area contributed by atoms with Gasteiger partial charge in [-0.3, -0.25) is 9.59 Å². The number of nitrogens with zero attached hydrogens (tertiary/aromatic N) is 2. The van der Waals surface area contributed by atoms with Crippen molar-refractivity contribution in [2.45, 2.75) is 38.6 Å². The molecule has 122 valence electrons. The molecule has 0 radical (unpaired) electrons. The number of carbonyl (C=O) groups is 2. The Hall–Kier alpha value is -1.84. The molecule has 0 unspecified atom stereocenters. The average molecular weight is 312 g/mol. The summed E-state index contributed by atoms with van der Waals surface area (Å²) in [5.41, 5.74) is 1.89. The Morgan fingerprint density at radius 1 is 1.09 bits per heavy atom. The van der Waals surface area contributed by atoms with E-state index in [4.69, 9.17) is 0 Å². The lowest BCUT2D eigenvalue weighted by atomic mass is 9.94. The molecule has 1 saturated carbocycles. The van der Waals surface area contributed by atoms with Crippen LogP contribution in [-0.2, 0) is 4.79 Å². The number of hydrogen-bond donors (Lipinski definition) is 0. The average Bonchev–Trinajstić information content (AvgIpc) is 3.38. The molecular weight excluding hydrogens is 288 g/mol. The summed E-state index contributed by atoms with van der Waals surface area (Å²) < 4.78 is 0. The first kappa shape index (κ1) is 14.7. The van der Waals surface area contributed by atoms with E-state index < -0.39 is 0 Å². The number of piperidine rings is 1. The smallest absolute Gasteiger partial charge is 0.253 e. The van der Waals surface area contributed by atoms with E-state index in [2.05, 4.69) is 4.90 Å². The van der Waals surface area contributed by atoms with Crippen molar-refractivity contribution >= 4 is 11.8 Å². The topological polar surface area (TPSA) is 40.6 Å². The fourth-order valence-corrected chi connectivity index (χ4v) is 3.90. The Kier molecular flexibility index (Phi) is 3.63. The summed E-state index contributed by atoms with van der Waals surface area (Å²) >= 11 is 0. The standard InChI is InChI=1S/C19H24N2O2/c1-13-2-6-15(7-3-13)18(22)20-11-16-8-9-17(12-20)21(19(16)23)10-14-4-5-14/h2-3,6-7,14,16-17H,4-5,8-12H2,1H3/t16-,17+/m0/s1. The largest absolute Gasteiger partial charge is 0.337 e. The molecule has 2 amide bonds. The number of rotatable bonds is 3. The zero-order chi connectivity index (χ0) is 16.0. The quantitative estimate of drug-likeness (QED) is 0.860. The van der Waals surface area contributed by atoms with Crippen molar-refractivity contribution in [3.05, 3.63) is 35.4 Å². The van der Waals surface area contributed by atoms with Crippen molar-refractivity contribution in [2.75, 3.05) is 19.6 Å². The molecule has 4 nitrogen and oxygen atoms in total. The molecule has 0 spiro atoms. The van der Waals surface area contributed by atoms with Crippen LogP contribution in [0.25, 0.3) is 0 Å². The lowest BCUT2D eigenvalue weighted by Crippen LogP contribution is -2.48. The van der Waals surface area contributed by atoms with Crippen LogP contribution in [0.2, 0.25) is 0 Å². The first-order valence-electron chi connectivity index (χ1n) is 8.78. The van der Waals surface area contributed by atoms with Crippen molar-refractivity contribution < 1.29 is 9.59 Å². The molecule has 4 fully saturated rings. The van der Waals surface area contributed by atoms with Crippen LogP contribution in [0.4, 0.5) is 0 Å². The number of hydrogen-bond acceptors (Lipinski definition) is 2. The predicted octanol–water partition coefficient (Wildman–Crippen LogP) is 2.47. The highest BCUT2D eigenvalue weighted by atomic mass is 16.2. The van der Waals surface area contributed by atoms with Crippen molar-refractivity contribution in [1.29, 1.82) is 0 Å². The van der Waals surface area contributed by atoms with Gasteiger partial charge in [0.05, 0.1) is 5.92 Å². The molecule has 3 heterocycles. The van der Waals surface area contributed by atoms with Gasteiger partial charge < -0.3 is 9.80 Å². The van der Waals surface area contributed by atoms with Crippen molar-refractivity contribution in [1.82, 2.24) is 9.80 Å². The molecule has 1 aromatic rings. The number of aryl methyl sites for hydroxylation is 1. The molecule has 2 atom stereocenters. The maximum atomic E-state index is 12.8. The van der Waals surface area contributed by atoms with E-state index in [1.54, 1.807) is 0 Å². The lowest BCUT2D eigenvalue weighted by Gasteiger charge is -2.36. The van der Waals surface area contributed by atoms with E-state index in [0.717, 1.165) is 30.5 Å². The zero-order valence-corrected chi connectivity index (χ0v) is 13.7. The molecule has 0 aromatic heterocycles. The fourth-order valence-electron chi connectivity index (χ4n) is 3.90. The molecular formula is C19H24N2O2. The minimum absolute atomic E-state index is 0.00176. The molecule has 1 aromatic carbocycles. The summed E-state index contributed by atoms with van der Waals surface area (Å²) in [6.07, 6.45) is 4.49. The third kappa shape index (κ3) is 2.87. The van der Waals surface area contributed by atoms with Crippen molar-refractivity contribution in [3.63, 3.8) is 0 Å². The van der Waals surface area contributed by atoms with Gasteiger partial charge >= 0.3 is 0 Å². The van der Waals surface area contributed by atoms with Crippen molar-refractivity contribution in [2.24, 2.45) is 11.8 Å². The second kappa shape index (κ2) is 5.66. The van der Waals surface area contributed by atoms with Crippen molar-refractivity contribution in [3.8, 4) is 0 Å². The SMILES string of the molecule is Cc1ccc(C(=O)N2C[C@@H]3CC[C@H](C2)N(CC2CC2)C3=O)cc1. The molecule has 4 aliphatic rings. The van der Waals surface area contributed by atoms with Gasteiger partial charge in [0, 0.05) is 31.2 Å². The Morgan fingerprint density at radius 2 is 1.83 bits per heavy atom. The highest BCUT2D eigenvalue weighted by Crippen LogP contribution is 2.35. The van der Waals surface area contributed by atoms with E-state index in [-0.39, 0.29) is 23.8 Å². The van der Waals surface area contributed by atoms with Crippen LogP contribution in [0, 0.1) is 18.8 Å². The summed E-state index contributed by atoms with van der Waals surface area (Å²) in [7, 11) is 0. The summed E-state index contributed by atoms with van der Waals surface area (Å²) in [6, 6.07) is 7.97. The second-order valence-electron chi connectivity index (χ2n) is 7.44. The van der Waals surface area contributed by atoms with Crippen LogP contribution in [0.1, 0.15) is 41.6 Å². The lowest BCUT2D eigenvalue weighted by molar-refractivity contribution is -0.140. The summed E-state index contributed by atoms with van der Waals surface area (Å²) in [6.45, 7) is 4.21. The van der Waals surface area contributed by atoms with E-state index >= 15 is 0 Å². The van der Waals surface area contributed by atoms with Gasteiger partial charge in [0.15, 0.2) is 0 Å². The highest BCUT2D eigenvalue weighted by molar-refractivity contribution is 5.95. The molecule has 3 aliphatic heterocycles. The molecule has 2 bridgehead atoms. The fraction of sp³-hybridized carbons (Fsp3) is 0.579. The summed E-state index contributed by atoms with van der Waals surface area (Å²) in [4.78, 5) is 29.5. The molecule has 5 rings (SSSR count). The first-order chi connectivity index (χ1) is 11.1. The minimum Gasteiger partial charge on any atom is -0.337 e. The van der Waals surface area contributed by atoms with E-state index in [1.807, 2.05) is 36.1 Å². The van der Waals surface area contributed by atoms with Gasteiger partial charge in [0.1, 0.15) is 0 Å². The number of benzene rings is 1. The van der Waals surface area contributed by atoms with Crippen LogP contribution in [0.5, 0.6) is 0 Å². The third-order valence-corrected chi connectivity index (χ3v) is 5.53. The predicted molar refractivity (Wildman–Crippen MR) is 88.0 cm³/mol. The zero-order valence-electron chi connectivity index (χ0n) is 13.7. The minimum atomic E-state index is 0.00176. The van der Waals surface area contributed by atoms with E-state index in [1.165, 1.54) is 12.8 Å². The van der Waals surface area contributed by atoms with Crippen LogP contribution >= 0.6 is 0 Å². The highest BCUT2D eigenvalue weighted by Gasteiger charge is 2.43. The molecule has 4 heteroatoms. The molecule has 0 N–H and O–H groups in total. The van der Waals surface area contributed by atoms with Gasteiger partial charge in [-0.2, -0.15) is 0 Å². The van der Waals surface area contributed by atoms with Crippen LogP contribution in [0.15, 0.2) is 24.3 Å². The maximum absolute atomic E-state index is 12.8. The number of fused-ring (bicyclic) bond motifs is 4. The Balaban J connectivity index is 1.53. The monoisotopic (exact) mass is 312 g/mol. The second-order valence-corrected chi connectivity index (χ2v) is 7.44. The number of amides is 2. The van der Waals surface area contributed by atoms with E-state index in [0.29, 0.717) is 19.0 Å². The summed E-state index contributed by atoms with van der Waals surface area (Å²) in [5, 5.41) is 0. The van der Waals surface area contributed by atoms with Gasteiger partial charge in [-0.05, 0) is 50.7 Å². The Bertz CT molecular complexity index is 621. The Morgan fingerprint density at radius 3 is 2.52 bits per heavy atom. The van der Waals surface area contributed by atoms with Gasteiger partial charge in [-0.1, -0.05) is 17.7 Å². The van der Waals surface area contributed by atoms with Gasteiger partial charge in [-0.25, -0.2) is 0 Å². The van der Waals surface area contributed by atoms with Gasteiger partial charge in [0.2, 0.25) is 5.91 Å². The third-order valence-electron chi connectivity index (χ3n) is 5.53. The first-order valence-corrected chi connectivity index (χ1v) is 8.78. The normalized spacial score (nSPS) is 27.3. The number of carbonyl (C=O) groups excluding carboxylic acids is 2. The van der Waals surface area contributed by atoms with Gasteiger partial charge in [-0.15, -0.1) is 0 Å². The van der Waals surface area contributed by atoms with E-state index in [9.17, 15) is 9.59 Å². The summed E-state index contributed by atoms with van der Waals surface area (Å²) in [5.74, 6) is 1.07. The molecule has 3 saturated heterocycles. The Labute approximate surface area is 137 Å². The van der Waals surface area contributed by atoms with Gasteiger partial charge in [0.25, 0.3) is 5.91 Å². The molecule has 1 aliphatic carbocycles. The van der Waals surface area contributed by atoms with Crippen LogP contribution in [-0.4, -0.2) is 47.3 Å². The maximum Gasteiger partial charge on any atom is 0.253 e. The van der Waals surface area contributed by atoms with Crippen LogP contribution in [0.3, 0.4) is 0 Å². The molecule has 23 heavy (non-hydrogen) atoms.